The predicted molar refractivity (Wildman–Crippen MR) is 124 cm³/mol. The lowest BCUT2D eigenvalue weighted by Crippen LogP contribution is -2.12. The van der Waals surface area contributed by atoms with Crippen LogP contribution in [0, 0.1) is 0 Å². The highest BCUT2D eigenvalue weighted by Gasteiger charge is 2.14. The SMILES string of the molecule is O=C(CCCSc1ccccc1)Nc1cccc(CS(=O)(=O)Cc2ccccc2)c1. The average molecular weight is 440 g/mol. The molecule has 1 amide bonds. The van der Waals surface area contributed by atoms with E-state index in [4.69, 9.17) is 0 Å². The smallest absolute Gasteiger partial charge is 0.224 e. The first kappa shape index (κ1) is 22.1. The van der Waals surface area contributed by atoms with Crippen LogP contribution in [0.25, 0.3) is 0 Å². The molecule has 3 aromatic rings. The highest BCUT2D eigenvalue weighted by molar-refractivity contribution is 7.99. The number of sulfone groups is 1. The van der Waals surface area contributed by atoms with E-state index in [2.05, 4.69) is 17.4 Å². The van der Waals surface area contributed by atoms with Crippen molar-refractivity contribution in [1.82, 2.24) is 0 Å². The Labute approximate surface area is 182 Å². The van der Waals surface area contributed by atoms with Crippen LogP contribution in [0.4, 0.5) is 5.69 Å². The first-order valence-corrected chi connectivity index (χ1v) is 12.6. The summed E-state index contributed by atoms with van der Waals surface area (Å²) in [5.74, 6) is 0.755. The van der Waals surface area contributed by atoms with Crippen LogP contribution in [-0.2, 0) is 26.1 Å². The number of hydrogen-bond donors (Lipinski definition) is 1. The van der Waals surface area contributed by atoms with Crippen molar-refractivity contribution in [3.63, 3.8) is 0 Å². The number of carbonyl (C=O) groups excluding carboxylic acids is 1. The molecule has 0 aliphatic carbocycles. The van der Waals surface area contributed by atoms with Crippen LogP contribution >= 0.6 is 11.8 Å². The van der Waals surface area contributed by atoms with Crippen molar-refractivity contribution in [2.75, 3.05) is 11.1 Å². The Morgan fingerprint density at radius 3 is 2.17 bits per heavy atom. The molecular weight excluding hydrogens is 414 g/mol. The van der Waals surface area contributed by atoms with Gasteiger partial charge in [0.2, 0.25) is 5.91 Å². The van der Waals surface area contributed by atoms with Crippen molar-refractivity contribution in [3.8, 4) is 0 Å². The summed E-state index contributed by atoms with van der Waals surface area (Å²) in [5.41, 5.74) is 2.07. The second-order valence-electron chi connectivity index (χ2n) is 7.03. The molecule has 4 nitrogen and oxygen atoms in total. The monoisotopic (exact) mass is 439 g/mol. The lowest BCUT2D eigenvalue weighted by atomic mass is 10.2. The maximum atomic E-state index is 12.5. The first-order valence-electron chi connectivity index (χ1n) is 9.81. The van der Waals surface area contributed by atoms with Gasteiger partial charge in [0.25, 0.3) is 0 Å². The second-order valence-corrected chi connectivity index (χ2v) is 10.3. The van der Waals surface area contributed by atoms with Crippen LogP contribution in [0.15, 0.2) is 89.8 Å². The highest BCUT2D eigenvalue weighted by Crippen LogP contribution is 2.19. The van der Waals surface area contributed by atoms with Gasteiger partial charge in [-0.3, -0.25) is 4.79 Å². The fraction of sp³-hybridized carbons (Fsp3) is 0.208. The van der Waals surface area contributed by atoms with Crippen molar-refractivity contribution in [2.45, 2.75) is 29.2 Å². The summed E-state index contributed by atoms with van der Waals surface area (Å²) in [6.45, 7) is 0. The Morgan fingerprint density at radius 2 is 1.43 bits per heavy atom. The number of nitrogens with one attached hydrogen (secondary N) is 1. The van der Waals surface area contributed by atoms with Gasteiger partial charge >= 0.3 is 0 Å². The molecule has 0 fully saturated rings. The molecule has 0 spiro atoms. The summed E-state index contributed by atoms with van der Waals surface area (Å²) in [6, 6.07) is 26.3. The molecule has 0 saturated carbocycles. The molecule has 156 valence electrons. The molecule has 0 aliphatic rings. The normalized spacial score (nSPS) is 11.2. The molecule has 3 rings (SSSR count). The Balaban J connectivity index is 1.48. The van der Waals surface area contributed by atoms with Gasteiger partial charge in [-0.15, -0.1) is 11.8 Å². The van der Waals surface area contributed by atoms with Crippen LogP contribution in [0.3, 0.4) is 0 Å². The second kappa shape index (κ2) is 11.0. The summed E-state index contributed by atoms with van der Waals surface area (Å²) in [6.07, 6.45) is 1.20. The van der Waals surface area contributed by atoms with Crippen LogP contribution in [0.1, 0.15) is 24.0 Å². The zero-order valence-corrected chi connectivity index (χ0v) is 18.3. The Bertz CT molecular complexity index is 1050. The third-order valence-electron chi connectivity index (χ3n) is 4.39. The van der Waals surface area contributed by atoms with Crippen molar-refractivity contribution < 1.29 is 13.2 Å². The summed E-state index contributed by atoms with van der Waals surface area (Å²) in [5, 5.41) is 2.87. The van der Waals surface area contributed by atoms with E-state index < -0.39 is 9.84 Å². The van der Waals surface area contributed by atoms with Gasteiger partial charge in [0.05, 0.1) is 11.5 Å². The van der Waals surface area contributed by atoms with E-state index in [0.29, 0.717) is 17.7 Å². The molecule has 0 atom stereocenters. The van der Waals surface area contributed by atoms with Gasteiger partial charge in [0.1, 0.15) is 0 Å². The molecule has 1 N–H and O–H groups in total. The largest absolute Gasteiger partial charge is 0.326 e. The number of thioether (sulfide) groups is 1. The zero-order valence-electron chi connectivity index (χ0n) is 16.7. The minimum absolute atomic E-state index is 0.00348. The Morgan fingerprint density at radius 1 is 0.800 bits per heavy atom. The lowest BCUT2D eigenvalue weighted by Gasteiger charge is -2.09. The number of carbonyl (C=O) groups is 1. The molecule has 6 heteroatoms. The van der Waals surface area contributed by atoms with E-state index in [1.807, 2.05) is 48.5 Å². The third kappa shape index (κ3) is 7.69. The minimum atomic E-state index is -3.29. The Kier molecular flexibility index (Phi) is 8.11. The molecular formula is C24H25NO3S2. The van der Waals surface area contributed by atoms with Crippen molar-refractivity contribution in [2.24, 2.45) is 0 Å². The van der Waals surface area contributed by atoms with Gasteiger partial charge in [-0.1, -0.05) is 60.7 Å². The van der Waals surface area contributed by atoms with E-state index in [0.717, 1.165) is 17.7 Å². The Hall–Kier alpha value is -2.57. The van der Waals surface area contributed by atoms with Crippen molar-refractivity contribution in [1.29, 1.82) is 0 Å². The molecule has 0 unspecified atom stereocenters. The average Bonchev–Trinajstić information content (AvgIpc) is 2.72. The molecule has 0 aliphatic heterocycles. The number of hydrogen-bond acceptors (Lipinski definition) is 4. The van der Waals surface area contributed by atoms with Gasteiger partial charge in [0.15, 0.2) is 9.84 Å². The van der Waals surface area contributed by atoms with Crippen LogP contribution in [0.5, 0.6) is 0 Å². The molecule has 0 radical (unpaired) electrons. The zero-order chi connectivity index (χ0) is 21.2. The minimum Gasteiger partial charge on any atom is -0.326 e. The summed E-state index contributed by atoms with van der Waals surface area (Å²) < 4.78 is 25.0. The van der Waals surface area contributed by atoms with E-state index in [1.165, 1.54) is 4.90 Å². The summed E-state index contributed by atoms with van der Waals surface area (Å²) in [4.78, 5) is 13.4. The van der Waals surface area contributed by atoms with E-state index >= 15 is 0 Å². The molecule has 0 aromatic heterocycles. The fourth-order valence-corrected chi connectivity index (χ4v) is 5.40. The van der Waals surface area contributed by atoms with Gasteiger partial charge in [-0.05, 0) is 47.6 Å². The summed E-state index contributed by atoms with van der Waals surface area (Å²) in [7, 11) is -3.29. The number of benzene rings is 3. The van der Waals surface area contributed by atoms with Gasteiger partial charge in [-0.2, -0.15) is 0 Å². The van der Waals surface area contributed by atoms with E-state index in [9.17, 15) is 13.2 Å². The van der Waals surface area contributed by atoms with Crippen molar-refractivity contribution >= 4 is 33.2 Å². The maximum absolute atomic E-state index is 12.5. The highest BCUT2D eigenvalue weighted by atomic mass is 32.2. The van der Waals surface area contributed by atoms with Gasteiger partial charge in [0, 0.05) is 17.0 Å². The number of anilines is 1. The number of rotatable bonds is 10. The van der Waals surface area contributed by atoms with Gasteiger partial charge in [-0.25, -0.2) is 8.42 Å². The van der Waals surface area contributed by atoms with E-state index in [-0.39, 0.29) is 17.4 Å². The first-order chi connectivity index (χ1) is 14.5. The van der Waals surface area contributed by atoms with E-state index in [1.54, 1.807) is 36.0 Å². The summed E-state index contributed by atoms with van der Waals surface area (Å²) >= 11 is 1.73. The fourth-order valence-electron chi connectivity index (χ4n) is 3.03. The van der Waals surface area contributed by atoms with Gasteiger partial charge < -0.3 is 5.32 Å². The van der Waals surface area contributed by atoms with Crippen LogP contribution in [-0.4, -0.2) is 20.1 Å². The molecule has 3 aromatic carbocycles. The van der Waals surface area contributed by atoms with Crippen LogP contribution < -0.4 is 5.32 Å². The molecule has 0 bridgehead atoms. The predicted octanol–water partition coefficient (Wildman–Crippen LogP) is 5.31. The standard InChI is InChI=1S/C24H25NO3S2/c26-24(15-8-16-29-23-13-5-2-6-14-23)25-22-12-7-11-21(17-22)19-30(27,28)18-20-9-3-1-4-10-20/h1-7,9-14,17H,8,15-16,18-19H2,(H,25,26). The quantitative estimate of drug-likeness (QED) is 0.343. The molecule has 0 saturated heterocycles. The maximum Gasteiger partial charge on any atom is 0.224 e. The topological polar surface area (TPSA) is 63.2 Å². The van der Waals surface area contributed by atoms with Crippen LogP contribution in [0.2, 0.25) is 0 Å². The van der Waals surface area contributed by atoms with Crippen molar-refractivity contribution in [3.05, 3.63) is 96.1 Å². The number of amides is 1. The molecule has 0 heterocycles. The molecule has 30 heavy (non-hydrogen) atoms. The third-order valence-corrected chi connectivity index (χ3v) is 7.03. The lowest BCUT2D eigenvalue weighted by molar-refractivity contribution is -0.116.